The molecule has 0 spiro atoms. The summed E-state index contributed by atoms with van der Waals surface area (Å²) < 4.78 is 18.4. The molecule has 0 atom stereocenters. The molecule has 0 aliphatic carbocycles. The number of rotatable bonds is 4. The van der Waals surface area contributed by atoms with Crippen molar-refractivity contribution in [3.8, 4) is 28.5 Å². The normalized spacial score (nSPS) is 10.4. The van der Waals surface area contributed by atoms with Gasteiger partial charge in [-0.25, -0.2) is 0 Å². The third-order valence-corrected chi connectivity index (χ3v) is 3.72. The molecule has 108 valence electrons. The Hall–Kier alpha value is -1.89. The Morgan fingerprint density at radius 3 is 2.20 bits per heavy atom. The van der Waals surface area contributed by atoms with Crippen LogP contribution in [0.1, 0.15) is 0 Å². The number of halogens is 1. The molecular formula is C13H16BrN3O3. The zero-order valence-corrected chi connectivity index (χ0v) is 13.3. The van der Waals surface area contributed by atoms with E-state index in [2.05, 4.69) is 21.0 Å². The zero-order chi connectivity index (χ0) is 14.9. The van der Waals surface area contributed by atoms with E-state index in [1.54, 1.807) is 45.2 Å². The van der Waals surface area contributed by atoms with E-state index in [4.69, 9.17) is 19.9 Å². The second kappa shape index (κ2) is 5.62. The molecule has 0 amide bonds. The van der Waals surface area contributed by atoms with Crippen molar-refractivity contribution in [3.05, 3.63) is 16.6 Å². The number of nitrogen functional groups attached to an aromatic ring is 1. The molecule has 0 radical (unpaired) electrons. The number of anilines is 1. The van der Waals surface area contributed by atoms with Gasteiger partial charge in [-0.1, -0.05) is 0 Å². The van der Waals surface area contributed by atoms with Crippen LogP contribution in [0.2, 0.25) is 0 Å². The summed E-state index contributed by atoms with van der Waals surface area (Å²) in [6.45, 7) is 0. The van der Waals surface area contributed by atoms with Gasteiger partial charge in [0.15, 0.2) is 11.5 Å². The van der Waals surface area contributed by atoms with Crippen LogP contribution < -0.4 is 19.9 Å². The highest BCUT2D eigenvalue weighted by Crippen LogP contribution is 2.47. The fraction of sp³-hybridized carbons (Fsp3) is 0.308. The molecule has 0 bridgehead atoms. The van der Waals surface area contributed by atoms with Crippen molar-refractivity contribution >= 4 is 21.7 Å². The van der Waals surface area contributed by atoms with E-state index in [-0.39, 0.29) is 0 Å². The van der Waals surface area contributed by atoms with E-state index < -0.39 is 0 Å². The average Bonchev–Trinajstić information content (AvgIpc) is 2.76. The van der Waals surface area contributed by atoms with Gasteiger partial charge >= 0.3 is 0 Å². The summed E-state index contributed by atoms with van der Waals surface area (Å²) in [6.07, 6.45) is 0. The third kappa shape index (κ3) is 2.29. The number of hydrogen-bond donors (Lipinski definition) is 1. The molecule has 6 nitrogen and oxygen atoms in total. The van der Waals surface area contributed by atoms with E-state index in [9.17, 15) is 0 Å². The van der Waals surface area contributed by atoms with Gasteiger partial charge in [-0.3, -0.25) is 4.68 Å². The SMILES string of the molecule is COc1cc(OC)c(-c2cc(N)n(C)n2)c(Br)c1OC. The van der Waals surface area contributed by atoms with Crippen molar-refractivity contribution in [1.82, 2.24) is 9.78 Å². The van der Waals surface area contributed by atoms with Crippen LogP contribution in [0.4, 0.5) is 5.82 Å². The van der Waals surface area contributed by atoms with E-state index in [1.807, 2.05) is 0 Å². The van der Waals surface area contributed by atoms with Gasteiger partial charge in [-0.2, -0.15) is 5.10 Å². The summed E-state index contributed by atoms with van der Waals surface area (Å²) in [7, 11) is 6.51. The Balaban J connectivity index is 2.73. The standard InChI is InChI=1S/C13H16BrN3O3/c1-17-10(15)5-7(16-17)11-8(18-2)6-9(19-3)13(20-4)12(11)14/h5-6H,15H2,1-4H3. The number of aryl methyl sites for hydroxylation is 1. The molecule has 0 fully saturated rings. The summed E-state index contributed by atoms with van der Waals surface area (Å²) >= 11 is 3.52. The molecule has 2 rings (SSSR count). The first kappa shape index (κ1) is 14.5. The minimum Gasteiger partial charge on any atom is -0.496 e. The zero-order valence-electron chi connectivity index (χ0n) is 11.7. The van der Waals surface area contributed by atoms with Crippen molar-refractivity contribution in [2.45, 2.75) is 0 Å². The van der Waals surface area contributed by atoms with Gasteiger partial charge in [0.2, 0.25) is 0 Å². The Labute approximate surface area is 125 Å². The van der Waals surface area contributed by atoms with E-state index in [0.29, 0.717) is 33.2 Å². The first-order valence-electron chi connectivity index (χ1n) is 5.81. The molecule has 2 aromatic rings. The van der Waals surface area contributed by atoms with Crippen LogP contribution >= 0.6 is 15.9 Å². The van der Waals surface area contributed by atoms with E-state index >= 15 is 0 Å². The Morgan fingerprint density at radius 1 is 1.10 bits per heavy atom. The fourth-order valence-electron chi connectivity index (χ4n) is 1.93. The van der Waals surface area contributed by atoms with Crippen LogP contribution in [0.3, 0.4) is 0 Å². The van der Waals surface area contributed by atoms with Crippen molar-refractivity contribution in [2.24, 2.45) is 7.05 Å². The third-order valence-electron chi connectivity index (χ3n) is 2.97. The Bertz CT molecular complexity index is 621. The molecule has 0 saturated carbocycles. The van der Waals surface area contributed by atoms with Crippen molar-refractivity contribution in [3.63, 3.8) is 0 Å². The second-order valence-electron chi connectivity index (χ2n) is 4.08. The van der Waals surface area contributed by atoms with Gasteiger partial charge in [0.1, 0.15) is 11.6 Å². The van der Waals surface area contributed by atoms with Gasteiger partial charge in [-0.05, 0) is 15.9 Å². The molecule has 0 unspecified atom stereocenters. The summed E-state index contributed by atoms with van der Waals surface area (Å²) in [4.78, 5) is 0. The van der Waals surface area contributed by atoms with Gasteiger partial charge in [-0.15, -0.1) is 0 Å². The summed E-state index contributed by atoms with van der Waals surface area (Å²) in [5, 5.41) is 4.37. The monoisotopic (exact) mass is 341 g/mol. The molecule has 0 aliphatic rings. The number of aromatic nitrogens is 2. The summed E-state index contributed by atoms with van der Waals surface area (Å²) in [5.74, 6) is 2.33. The number of ether oxygens (including phenoxy) is 3. The highest BCUT2D eigenvalue weighted by molar-refractivity contribution is 9.10. The van der Waals surface area contributed by atoms with E-state index in [1.165, 1.54) is 0 Å². The molecule has 20 heavy (non-hydrogen) atoms. The van der Waals surface area contributed by atoms with Crippen LogP contribution in [0, 0.1) is 0 Å². The molecule has 1 aromatic heterocycles. The van der Waals surface area contributed by atoms with Gasteiger partial charge in [0.25, 0.3) is 0 Å². The predicted molar refractivity (Wildman–Crippen MR) is 80.4 cm³/mol. The van der Waals surface area contributed by atoms with Gasteiger partial charge in [0, 0.05) is 19.2 Å². The molecule has 1 aromatic carbocycles. The van der Waals surface area contributed by atoms with Crippen molar-refractivity contribution < 1.29 is 14.2 Å². The van der Waals surface area contributed by atoms with E-state index in [0.717, 1.165) is 5.56 Å². The van der Waals surface area contributed by atoms with Crippen LogP contribution in [-0.2, 0) is 7.05 Å². The second-order valence-corrected chi connectivity index (χ2v) is 4.87. The van der Waals surface area contributed by atoms with Crippen LogP contribution in [0.25, 0.3) is 11.3 Å². The van der Waals surface area contributed by atoms with Crippen molar-refractivity contribution in [2.75, 3.05) is 27.1 Å². The Kier molecular flexibility index (Phi) is 4.08. The first-order chi connectivity index (χ1) is 9.53. The minimum absolute atomic E-state index is 0.559. The molecule has 0 saturated heterocycles. The van der Waals surface area contributed by atoms with Crippen LogP contribution in [0.5, 0.6) is 17.2 Å². The lowest BCUT2D eigenvalue weighted by atomic mass is 10.1. The molecule has 1 heterocycles. The topological polar surface area (TPSA) is 71.5 Å². The first-order valence-corrected chi connectivity index (χ1v) is 6.61. The summed E-state index contributed by atoms with van der Waals surface area (Å²) in [6, 6.07) is 3.53. The van der Waals surface area contributed by atoms with Crippen LogP contribution in [0.15, 0.2) is 16.6 Å². The lowest BCUT2D eigenvalue weighted by Crippen LogP contribution is -1.98. The lowest BCUT2D eigenvalue weighted by Gasteiger charge is -2.15. The number of methoxy groups -OCH3 is 3. The minimum atomic E-state index is 0.559. The lowest BCUT2D eigenvalue weighted by molar-refractivity contribution is 0.347. The quantitative estimate of drug-likeness (QED) is 0.924. The number of nitrogens with two attached hydrogens (primary N) is 1. The fourth-order valence-corrected chi connectivity index (χ4v) is 2.69. The highest BCUT2D eigenvalue weighted by atomic mass is 79.9. The number of hydrogen-bond acceptors (Lipinski definition) is 5. The van der Waals surface area contributed by atoms with Crippen LogP contribution in [-0.4, -0.2) is 31.1 Å². The maximum atomic E-state index is 5.83. The molecule has 2 N–H and O–H groups in total. The predicted octanol–water partition coefficient (Wildman–Crippen LogP) is 2.46. The molecule has 0 aliphatic heterocycles. The molecular weight excluding hydrogens is 326 g/mol. The number of benzene rings is 1. The van der Waals surface area contributed by atoms with Gasteiger partial charge in [0.05, 0.1) is 37.1 Å². The van der Waals surface area contributed by atoms with Gasteiger partial charge < -0.3 is 19.9 Å². The average molecular weight is 342 g/mol. The maximum absolute atomic E-state index is 5.83. The maximum Gasteiger partial charge on any atom is 0.175 e. The molecule has 7 heteroatoms. The smallest absolute Gasteiger partial charge is 0.175 e. The van der Waals surface area contributed by atoms with Crippen molar-refractivity contribution in [1.29, 1.82) is 0 Å². The Morgan fingerprint density at radius 2 is 1.75 bits per heavy atom. The highest BCUT2D eigenvalue weighted by Gasteiger charge is 2.22. The summed E-state index contributed by atoms with van der Waals surface area (Å²) in [5.41, 5.74) is 7.29. The largest absolute Gasteiger partial charge is 0.496 e. The number of nitrogens with zero attached hydrogens (tertiary/aromatic N) is 2.